The van der Waals surface area contributed by atoms with Gasteiger partial charge in [-0.3, -0.25) is 0 Å². The van der Waals surface area contributed by atoms with Gasteiger partial charge >= 0.3 is 0 Å². The molecule has 0 saturated carbocycles. The Labute approximate surface area is 120 Å². The van der Waals surface area contributed by atoms with Crippen LogP contribution in [0.5, 0.6) is 0 Å². The van der Waals surface area contributed by atoms with E-state index in [1.165, 1.54) is 5.57 Å². The zero-order valence-corrected chi connectivity index (χ0v) is 12.8. The lowest BCUT2D eigenvalue weighted by Crippen LogP contribution is -2.08. The van der Waals surface area contributed by atoms with Crippen LogP contribution < -0.4 is 0 Å². The van der Waals surface area contributed by atoms with Gasteiger partial charge in [0.05, 0.1) is 6.54 Å². The van der Waals surface area contributed by atoms with Gasteiger partial charge in [-0.25, -0.2) is 4.98 Å². The van der Waals surface area contributed by atoms with E-state index in [1.54, 1.807) is 0 Å². The van der Waals surface area contributed by atoms with Crippen LogP contribution in [-0.2, 0) is 6.54 Å². The van der Waals surface area contributed by atoms with Crippen molar-refractivity contribution in [3.05, 3.63) is 47.4 Å². The van der Waals surface area contributed by atoms with Gasteiger partial charge in [0.15, 0.2) is 0 Å². The highest BCUT2D eigenvalue weighted by Gasteiger charge is 2.12. The van der Waals surface area contributed by atoms with E-state index >= 15 is 0 Å². The largest absolute Gasteiger partial charge is 0.361 e. The van der Waals surface area contributed by atoms with Crippen LogP contribution in [0.25, 0.3) is 0 Å². The molecule has 2 heterocycles. The molecule has 0 aliphatic carbocycles. The molecule has 0 aliphatic heterocycles. The molecule has 0 bridgehead atoms. The van der Waals surface area contributed by atoms with Gasteiger partial charge in [-0.05, 0) is 33.6 Å². The number of rotatable bonds is 6. The molecule has 0 saturated heterocycles. The first-order valence-corrected chi connectivity index (χ1v) is 7.13. The molecule has 0 fully saturated rings. The van der Waals surface area contributed by atoms with Gasteiger partial charge in [0, 0.05) is 24.4 Å². The highest BCUT2D eigenvalue weighted by molar-refractivity contribution is 5.08. The quantitative estimate of drug-likeness (QED) is 0.745. The maximum Gasteiger partial charge on any atom is 0.133 e. The summed E-state index contributed by atoms with van der Waals surface area (Å²) in [7, 11) is 0. The smallest absolute Gasteiger partial charge is 0.133 e. The van der Waals surface area contributed by atoms with Crippen molar-refractivity contribution >= 4 is 0 Å². The van der Waals surface area contributed by atoms with Crippen molar-refractivity contribution in [1.82, 2.24) is 14.7 Å². The molecule has 0 spiro atoms. The second kappa shape index (κ2) is 6.55. The summed E-state index contributed by atoms with van der Waals surface area (Å²) in [4.78, 5) is 4.50. The Balaban J connectivity index is 2.02. The van der Waals surface area contributed by atoms with Crippen LogP contribution in [0.2, 0.25) is 0 Å². The maximum absolute atomic E-state index is 5.11. The van der Waals surface area contributed by atoms with Gasteiger partial charge in [-0.1, -0.05) is 23.7 Å². The Morgan fingerprint density at radius 2 is 2.25 bits per heavy atom. The minimum absolute atomic E-state index is 0.439. The minimum Gasteiger partial charge on any atom is -0.361 e. The number of aryl methyl sites for hydroxylation is 1. The Morgan fingerprint density at radius 3 is 2.90 bits per heavy atom. The highest BCUT2D eigenvalue weighted by Crippen LogP contribution is 2.20. The number of nitrogens with zero attached hydrogens (tertiary/aromatic N) is 3. The van der Waals surface area contributed by atoms with Crippen molar-refractivity contribution in [2.24, 2.45) is 0 Å². The summed E-state index contributed by atoms with van der Waals surface area (Å²) in [6.07, 6.45) is 8.36. The van der Waals surface area contributed by atoms with E-state index < -0.39 is 0 Å². The summed E-state index contributed by atoms with van der Waals surface area (Å²) < 4.78 is 7.27. The van der Waals surface area contributed by atoms with Gasteiger partial charge in [0.25, 0.3) is 0 Å². The van der Waals surface area contributed by atoms with E-state index in [-0.39, 0.29) is 0 Å². The Bertz CT molecular complexity index is 576. The fraction of sp³-hybridized carbons (Fsp3) is 0.500. The van der Waals surface area contributed by atoms with Crippen molar-refractivity contribution in [1.29, 1.82) is 0 Å². The second-order valence-electron chi connectivity index (χ2n) is 5.60. The first-order valence-electron chi connectivity index (χ1n) is 7.13. The predicted molar refractivity (Wildman–Crippen MR) is 79.6 cm³/mol. The van der Waals surface area contributed by atoms with Crippen LogP contribution in [0.15, 0.2) is 34.6 Å². The molecule has 0 aromatic carbocycles. The molecule has 0 N–H and O–H groups in total. The van der Waals surface area contributed by atoms with Crippen LogP contribution in [0.3, 0.4) is 0 Å². The lowest BCUT2D eigenvalue weighted by atomic mass is 10.0. The summed E-state index contributed by atoms with van der Waals surface area (Å²) in [5, 5.41) is 4.04. The average Bonchev–Trinajstić information content (AvgIpc) is 2.98. The standard InChI is InChI=1S/C16H23N3O/c1-12(2)6-5-7-13(3)16-17-8-9-19(16)11-15-10-14(4)20-18-15/h6,8-10,13H,5,7,11H2,1-4H3/t13-/m0/s1. The molecule has 0 amide bonds. The minimum atomic E-state index is 0.439. The van der Waals surface area contributed by atoms with Crippen LogP contribution in [-0.4, -0.2) is 14.7 Å². The Hall–Kier alpha value is -1.84. The summed E-state index contributed by atoms with van der Waals surface area (Å²) in [5.41, 5.74) is 2.32. The van der Waals surface area contributed by atoms with Gasteiger partial charge in [0.1, 0.15) is 17.3 Å². The first-order chi connectivity index (χ1) is 9.56. The van der Waals surface area contributed by atoms with Crippen molar-refractivity contribution in [3.63, 3.8) is 0 Å². The zero-order valence-electron chi connectivity index (χ0n) is 12.8. The van der Waals surface area contributed by atoms with E-state index in [0.717, 1.165) is 36.7 Å². The average molecular weight is 273 g/mol. The molecule has 2 aromatic heterocycles. The molecule has 20 heavy (non-hydrogen) atoms. The molecule has 0 radical (unpaired) electrons. The molecular weight excluding hydrogens is 250 g/mol. The SMILES string of the molecule is CC(C)=CCC[C@H](C)c1nccn1Cc1cc(C)on1. The summed E-state index contributed by atoms with van der Waals surface area (Å²) >= 11 is 0. The lowest BCUT2D eigenvalue weighted by Gasteiger charge is -2.12. The van der Waals surface area contributed by atoms with Gasteiger partial charge in [0.2, 0.25) is 0 Å². The summed E-state index contributed by atoms with van der Waals surface area (Å²) in [6, 6.07) is 1.97. The summed E-state index contributed by atoms with van der Waals surface area (Å²) in [6.45, 7) is 9.13. The highest BCUT2D eigenvalue weighted by atomic mass is 16.5. The molecule has 0 aliphatic rings. The topological polar surface area (TPSA) is 43.9 Å². The molecule has 4 nitrogen and oxygen atoms in total. The van der Waals surface area contributed by atoms with E-state index in [9.17, 15) is 0 Å². The van der Waals surface area contributed by atoms with Crippen molar-refractivity contribution < 1.29 is 4.52 Å². The first kappa shape index (κ1) is 14.6. The van der Waals surface area contributed by atoms with Crippen LogP contribution in [0.1, 0.15) is 56.8 Å². The fourth-order valence-corrected chi connectivity index (χ4v) is 2.30. The molecule has 4 heteroatoms. The Kier molecular flexibility index (Phi) is 4.77. The predicted octanol–water partition coefficient (Wildman–Crippen LogP) is 4.08. The zero-order chi connectivity index (χ0) is 14.5. The van der Waals surface area contributed by atoms with Crippen molar-refractivity contribution in [2.45, 2.75) is 53.0 Å². The number of aromatic nitrogens is 3. The number of imidazole rings is 1. The third kappa shape index (κ3) is 3.83. The third-order valence-electron chi connectivity index (χ3n) is 3.35. The van der Waals surface area contributed by atoms with E-state index in [2.05, 4.69) is 41.6 Å². The monoisotopic (exact) mass is 273 g/mol. The number of hydrogen-bond donors (Lipinski definition) is 0. The molecule has 0 unspecified atom stereocenters. The van der Waals surface area contributed by atoms with Crippen molar-refractivity contribution in [3.8, 4) is 0 Å². The van der Waals surface area contributed by atoms with Crippen molar-refractivity contribution in [2.75, 3.05) is 0 Å². The maximum atomic E-state index is 5.11. The van der Waals surface area contributed by atoms with E-state index in [4.69, 9.17) is 4.52 Å². The second-order valence-corrected chi connectivity index (χ2v) is 5.60. The summed E-state index contributed by atoms with van der Waals surface area (Å²) in [5.74, 6) is 2.40. The third-order valence-corrected chi connectivity index (χ3v) is 3.35. The molecular formula is C16H23N3O. The number of hydrogen-bond acceptors (Lipinski definition) is 3. The molecule has 2 rings (SSSR count). The normalized spacial score (nSPS) is 12.4. The van der Waals surface area contributed by atoms with Crippen LogP contribution in [0.4, 0.5) is 0 Å². The molecule has 1 atom stereocenters. The van der Waals surface area contributed by atoms with Crippen LogP contribution in [0, 0.1) is 6.92 Å². The van der Waals surface area contributed by atoms with Gasteiger partial charge < -0.3 is 9.09 Å². The molecule has 2 aromatic rings. The Morgan fingerprint density at radius 1 is 1.45 bits per heavy atom. The lowest BCUT2D eigenvalue weighted by molar-refractivity contribution is 0.388. The molecule has 108 valence electrons. The van der Waals surface area contributed by atoms with Gasteiger partial charge in [-0.15, -0.1) is 0 Å². The van der Waals surface area contributed by atoms with Crippen LogP contribution >= 0.6 is 0 Å². The number of allylic oxidation sites excluding steroid dienone is 2. The van der Waals surface area contributed by atoms with E-state index in [0.29, 0.717) is 5.92 Å². The van der Waals surface area contributed by atoms with E-state index in [1.807, 2.05) is 25.4 Å². The fourth-order valence-electron chi connectivity index (χ4n) is 2.30. The van der Waals surface area contributed by atoms with Gasteiger partial charge in [-0.2, -0.15) is 0 Å².